The van der Waals surface area contributed by atoms with Crippen molar-refractivity contribution in [2.75, 3.05) is 22.6 Å². The minimum absolute atomic E-state index is 0.0330. The molecule has 0 amide bonds. The maximum absolute atomic E-state index is 13.6. The second-order valence-electron chi connectivity index (χ2n) is 9.73. The number of ether oxygens (including phenoxy) is 1. The highest BCUT2D eigenvalue weighted by atomic mass is 32.2. The molecule has 242 valence electrons. The first-order valence-electron chi connectivity index (χ1n) is 13.5. The Balaban J connectivity index is 1.51. The smallest absolute Gasteiger partial charge is 0.288 e. The number of halogens is 2. The first kappa shape index (κ1) is 32.8. The Labute approximate surface area is 270 Å². The van der Waals surface area contributed by atoms with Gasteiger partial charge in [-0.05, 0) is 73.2 Å². The number of nitro benzene ring substituents is 1. The summed E-state index contributed by atoms with van der Waals surface area (Å²) in [6.45, 7) is 1.77. The molecule has 0 aliphatic heterocycles. The van der Waals surface area contributed by atoms with Crippen molar-refractivity contribution in [2.45, 2.75) is 22.5 Å². The number of rotatable bonds is 12. The number of anilines is 4. The number of hydrogen-bond donors (Lipinski definition) is 3. The first-order chi connectivity index (χ1) is 22.4. The highest BCUT2D eigenvalue weighted by molar-refractivity contribution is 7.99. The maximum atomic E-state index is 13.6. The molecule has 17 heteroatoms. The molecule has 0 bridgehead atoms. The number of nitrogens with one attached hydrogen (secondary N) is 3. The summed E-state index contributed by atoms with van der Waals surface area (Å²) in [5, 5.41) is 18.6. The Morgan fingerprint density at radius 3 is 2.43 bits per heavy atom. The van der Waals surface area contributed by atoms with Gasteiger partial charge in [0.2, 0.25) is 0 Å². The van der Waals surface area contributed by atoms with Crippen LogP contribution in [0, 0.1) is 17.0 Å². The van der Waals surface area contributed by atoms with E-state index < -0.39 is 36.8 Å². The molecule has 0 saturated carbocycles. The number of fused-ring (bicyclic) bond motifs is 1. The topological polar surface area (TPSA) is 169 Å². The van der Waals surface area contributed by atoms with Gasteiger partial charge in [0.25, 0.3) is 27.0 Å². The van der Waals surface area contributed by atoms with Crippen LogP contribution in [-0.2, 0) is 10.0 Å². The largest absolute Gasteiger partial charge is 0.497 e. The molecule has 3 N–H and O–H groups in total. The number of aryl methyl sites for hydroxylation is 1. The molecule has 0 radical (unpaired) electrons. The highest BCUT2D eigenvalue weighted by Crippen LogP contribution is 2.30. The van der Waals surface area contributed by atoms with Gasteiger partial charge in [-0.25, -0.2) is 13.4 Å². The number of hydrazone groups is 1. The van der Waals surface area contributed by atoms with E-state index in [1.165, 1.54) is 60.2 Å². The number of thioether (sulfide) groups is 1. The summed E-state index contributed by atoms with van der Waals surface area (Å²) < 4.78 is 61.1. The Morgan fingerprint density at radius 1 is 1.06 bits per heavy atom. The molecule has 5 aromatic rings. The van der Waals surface area contributed by atoms with Crippen molar-refractivity contribution in [3.63, 3.8) is 0 Å². The number of methoxy groups -OCH3 is 1. The van der Waals surface area contributed by atoms with Crippen molar-refractivity contribution in [3.8, 4) is 5.75 Å². The van der Waals surface area contributed by atoms with E-state index in [4.69, 9.17) is 4.74 Å². The van der Waals surface area contributed by atoms with Gasteiger partial charge in [0.15, 0.2) is 0 Å². The predicted molar refractivity (Wildman–Crippen MR) is 176 cm³/mol. The van der Waals surface area contributed by atoms with Crippen LogP contribution < -0.4 is 25.8 Å². The molecule has 2 aromatic heterocycles. The Hall–Kier alpha value is -5.55. The first-order valence-corrected chi connectivity index (χ1v) is 15.9. The second-order valence-corrected chi connectivity index (χ2v) is 12.4. The fraction of sp³-hybridized carbons (Fsp3) is 0.100. The SMILES string of the molecule is COc1ccc(NS(=O)(=O)c2cc([N+](=O)[O-])ccc2NN=Cc2c(Nc3ccc(SC(F)F)cc3)nc3c(C)cccn3c2=O)cc1. The van der Waals surface area contributed by atoms with Crippen LogP contribution in [0.25, 0.3) is 5.65 Å². The van der Waals surface area contributed by atoms with Crippen LogP contribution in [0.4, 0.5) is 37.3 Å². The van der Waals surface area contributed by atoms with Crippen molar-refractivity contribution in [1.82, 2.24) is 9.38 Å². The number of pyridine rings is 1. The lowest BCUT2D eigenvalue weighted by Crippen LogP contribution is -2.22. The third kappa shape index (κ3) is 7.64. The molecule has 0 unspecified atom stereocenters. The lowest BCUT2D eigenvalue weighted by Gasteiger charge is -2.13. The zero-order valence-electron chi connectivity index (χ0n) is 24.5. The van der Waals surface area contributed by atoms with E-state index in [0.717, 1.165) is 18.3 Å². The van der Waals surface area contributed by atoms with E-state index in [1.54, 1.807) is 31.2 Å². The average Bonchev–Trinajstić information content (AvgIpc) is 3.04. The van der Waals surface area contributed by atoms with Crippen molar-refractivity contribution < 1.29 is 26.9 Å². The van der Waals surface area contributed by atoms with Gasteiger partial charge in [-0.1, -0.05) is 17.8 Å². The van der Waals surface area contributed by atoms with Gasteiger partial charge in [0, 0.05) is 34.6 Å². The highest BCUT2D eigenvalue weighted by Gasteiger charge is 2.23. The summed E-state index contributed by atoms with van der Waals surface area (Å²) in [5.74, 6) is -2.01. The second kappa shape index (κ2) is 13.8. The minimum Gasteiger partial charge on any atom is -0.497 e. The molecule has 0 spiro atoms. The number of hydrogen-bond acceptors (Lipinski definition) is 11. The molecule has 0 saturated heterocycles. The van der Waals surface area contributed by atoms with Crippen LogP contribution in [-0.4, -0.2) is 41.8 Å². The molecule has 0 atom stereocenters. The molecular formula is C30H25F2N7O6S2. The minimum atomic E-state index is -4.39. The van der Waals surface area contributed by atoms with Gasteiger partial charge in [-0.2, -0.15) is 13.9 Å². The Morgan fingerprint density at radius 2 is 1.77 bits per heavy atom. The van der Waals surface area contributed by atoms with Crippen LogP contribution in [0.1, 0.15) is 11.1 Å². The molecule has 0 fully saturated rings. The van der Waals surface area contributed by atoms with Gasteiger partial charge in [0.05, 0.1) is 23.9 Å². The fourth-order valence-corrected chi connectivity index (χ4v) is 6.09. The molecule has 0 aliphatic rings. The number of nitro groups is 1. The average molecular weight is 682 g/mol. The fourth-order valence-electron chi connectivity index (χ4n) is 4.35. The molecule has 3 aromatic carbocycles. The summed E-state index contributed by atoms with van der Waals surface area (Å²) in [4.78, 5) is 28.8. The zero-order chi connectivity index (χ0) is 33.7. The molecule has 47 heavy (non-hydrogen) atoms. The van der Waals surface area contributed by atoms with E-state index in [-0.39, 0.29) is 22.8 Å². The van der Waals surface area contributed by atoms with Gasteiger partial charge in [-0.3, -0.25) is 29.5 Å². The van der Waals surface area contributed by atoms with Gasteiger partial charge >= 0.3 is 0 Å². The summed E-state index contributed by atoms with van der Waals surface area (Å²) in [6.07, 6.45) is 2.65. The summed E-state index contributed by atoms with van der Waals surface area (Å²) in [7, 11) is -2.93. The quantitative estimate of drug-likeness (QED) is 0.0594. The lowest BCUT2D eigenvalue weighted by molar-refractivity contribution is -0.385. The molecule has 0 aliphatic carbocycles. The third-order valence-corrected chi connectivity index (χ3v) is 8.76. The summed E-state index contributed by atoms with van der Waals surface area (Å²) in [6, 6.07) is 18.7. The predicted octanol–water partition coefficient (Wildman–Crippen LogP) is 6.22. The van der Waals surface area contributed by atoms with E-state index >= 15 is 0 Å². The lowest BCUT2D eigenvalue weighted by atomic mass is 10.2. The van der Waals surface area contributed by atoms with E-state index in [0.29, 0.717) is 39.3 Å². The van der Waals surface area contributed by atoms with E-state index in [9.17, 15) is 32.1 Å². The van der Waals surface area contributed by atoms with Gasteiger partial charge in [-0.15, -0.1) is 0 Å². The van der Waals surface area contributed by atoms with Crippen molar-refractivity contribution in [1.29, 1.82) is 0 Å². The van der Waals surface area contributed by atoms with Crippen molar-refractivity contribution >= 4 is 62.2 Å². The van der Waals surface area contributed by atoms with Crippen molar-refractivity contribution in [2.24, 2.45) is 5.10 Å². The normalized spacial score (nSPS) is 11.6. The van der Waals surface area contributed by atoms with Crippen LogP contribution >= 0.6 is 11.8 Å². The Bertz CT molecular complexity index is 2140. The van der Waals surface area contributed by atoms with Crippen LogP contribution in [0.5, 0.6) is 5.75 Å². The van der Waals surface area contributed by atoms with Gasteiger partial charge < -0.3 is 10.1 Å². The number of alkyl halides is 2. The van der Waals surface area contributed by atoms with E-state index in [2.05, 4.69) is 25.6 Å². The third-order valence-electron chi connectivity index (χ3n) is 6.61. The van der Waals surface area contributed by atoms with Crippen LogP contribution in [0.15, 0.2) is 105 Å². The standard InChI is InChI=1S/C30H25F2N7O6S2/c1-18-4-3-15-38-28(18)35-27(34-19-7-12-23(13-8-19)46-30(31)32)24(29(38)40)17-33-36-25-14-9-21(39(41)42)16-26(25)47(43,44)37-20-5-10-22(45-2)11-6-20/h3-17,30,34,36-37H,1-2H3. The zero-order valence-corrected chi connectivity index (χ0v) is 26.2. The monoisotopic (exact) mass is 681 g/mol. The van der Waals surface area contributed by atoms with Crippen molar-refractivity contribution in [3.05, 3.63) is 117 Å². The summed E-state index contributed by atoms with van der Waals surface area (Å²) >= 11 is 0.390. The van der Waals surface area contributed by atoms with E-state index in [1.807, 2.05) is 0 Å². The molecule has 13 nitrogen and oxygen atoms in total. The maximum Gasteiger partial charge on any atom is 0.288 e. The number of benzene rings is 3. The number of non-ortho nitro benzene ring substituents is 1. The van der Waals surface area contributed by atoms with Crippen LogP contribution in [0.3, 0.4) is 0 Å². The molecule has 2 heterocycles. The van der Waals surface area contributed by atoms with Crippen LogP contribution in [0.2, 0.25) is 0 Å². The Kier molecular flexibility index (Phi) is 9.67. The number of sulfonamides is 1. The van der Waals surface area contributed by atoms with Gasteiger partial charge in [0.1, 0.15) is 27.7 Å². The summed E-state index contributed by atoms with van der Waals surface area (Å²) in [5.41, 5.74) is 3.08. The number of nitrogens with zero attached hydrogens (tertiary/aromatic N) is 4. The number of aromatic nitrogens is 2. The molecule has 5 rings (SSSR count). The molecular weight excluding hydrogens is 657 g/mol.